The fraction of sp³-hybridized carbons (Fsp3) is 0.154. The van der Waals surface area contributed by atoms with Crippen molar-refractivity contribution in [3.8, 4) is 16.9 Å². The largest absolute Gasteiger partial charge is 0.471 e. The summed E-state index contributed by atoms with van der Waals surface area (Å²) in [6.45, 7) is 1.68. The van der Waals surface area contributed by atoms with Gasteiger partial charge >= 0.3 is 11.9 Å². The number of nitrogens with one attached hydrogen (secondary N) is 1. The molecule has 1 amide bonds. The lowest BCUT2D eigenvalue weighted by Crippen LogP contribution is -2.16. The molecule has 0 radical (unpaired) electrons. The molecular formula is C26H23N3O6S. The lowest BCUT2D eigenvalue weighted by Gasteiger charge is -2.08. The molecule has 4 aromatic rings. The molecule has 0 aliphatic heterocycles. The molecule has 0 saturated heterocycles. The maximum Gasteiger partial charge on any atom is 0.348 e. The van der Waals surface area contributed by atoms with Gasteiger partial charge in [-0.2, -0.15) is 5.10 Å². The minimum atomic E-state index is -0.675. The summed E-state index contributed by atoms with van der Waals surface area (Å²) >= 11 is 0.933. The molecule has 0 bridgehead atoms. The summed E-state index contributed by atoms with van der Waals surface area (Å²) in [5, 5.41) is 7.06. The van der Waals surface area contributed by atoms with Crippen LogP contribution in [0.5, 0.6) is 5.75 Å². The number of ether oxygens (including phenoxy) is 3. The van der Waals surface area contributed by atoms with Gasteiger partial charge in [0.05, 0.1) is 19.8 Å². The summed E-state index contributed by atoms with van der Waals surface area (Å²) in [7, 11) is 2.46. The molecule has 2 heterocycles. The Bertz CT molecular complexity index is 1390. The minimum Gasteiger partial charge on any atom is -0.471 e. The maximum absolute atomic E-state index is 12.8. The van der Waals surface area contributed by atoms with Gasteiger partial charge in [-0.1, -0.05) is 42.5 Å². The molecule has 1 N–H and O–H groups in total. The first-order chi connectivity index (χ1) is 17.4. The molecular weight excluding hydrogens is 482 g/mol. The van der Waals surface area contributed by atoms with E-state index in [-0.39, 0.29) is 27.9 Å². The van der Waals surface area contributed by atoms with E-state index in [0.717, 1.165) is 22.5 Å². The first-order valence-corrected chi connectivity index (χ1v) is 11.7. The van der Waals surface area contributed by atoms with Gasteiger partial charge in [0.2, 0.25) is 0 Å². The van der Waals surface area contributed by atoms with Crippen molar-refractivity contribution >= 4 is 34.2 Å². The third kappa shape index (κ3) is 5.28. The van der Waals surface area contributed by atoms with Crippen molar-refractivity contribution in [2.24, 2.45) is 0 Å². The van der Waals surface area contributed by atoms with Gasteiger partial charge in [0, 0.05) is 6.20 Å². The molecule has 0 atom stereocenters. The topological polar surface area (TPSA) is 109 Å². The van der Waals surface area contributed by atoms with E-state index in [2.05, 4.69) is 10.4 Å². The zero-order chi connectivity index (χ0) is 25.7. The molecule has 2 aromatic carbocycles. The molecule has 0 saturated carbocycles. The van der Waals surface area contributed by atoms with Gasteiger partial charge in [0.25, 0.3) is 5.91 Å². The van der Waals surface area contributed by atoms with Crippen LogP contribution in [0.1, 0.15) is 36.1 Å². The lowest BCUT2D eigenvalue weighted by atomic mass is 10.1. The normalized spacial score (nSPS) is 10.5. The highest BCUT2D eigenvalue weighted by molar-refractivity contribution is 7.18. The van der Waals surface area contributed by atoms with Gasteiger partial charge in [-0.25, -0.2) is 14.3 Å². The fourth-order valence-corrected chi connectivity index (χ4v) is 4.58. The van der Waals surface area contributed by atoms with E-state index in [1.165, 1.54) is 25.0 Å². The summed E-state index contributed by atoms with van der Waals surface area (Å²) < 4.78 is 16.8. The number of nitrogens with zero attached hydrogens (tertiary/aromatic N) is 2. The number of carbonyl (C=O) groups excluding carboxylic acids is 3. The average Bonchev–Trinajstić information content (AvgIpc) is 3.52. The maximum atomic E-state index is 12.8. The Labute approximate surface area is 211 Å². The molecule has 0 aliphatic carbocycles. The van der Waals surface area contributed by atoms with Gasteiger partial charge in [-0.3, -0.25) is 4.79 Å². The first kappa shape index (κ1) is 24.7. The summed E-state index contributed by atoms with van der Waals surface area (Å²) in [5.41, 5.74) is 2.76. The zero-order valence-corrected chi connectivity index (χ0v) is 20.6. The second kappa shape index (κ2) is 10.9. The predicted octanol–water partition coefficient (Wildman–Crippen LogP) is 4.78. The quantitative estimate of drug-likeness (QED) is 0.343. The minimum absolute atomic E-state index is 0.0932. The monoisotopic (exact) mass is 505 g/mol. The number of amides is 1. The Kier molecular flexibility index (Phi) is 7.45. The number of carbonyl (C=O) groups is 3. The number of rotatable bonds is 8. The highest BCUT2D eigenvalue weighted by Crippen LogP contribution is 2.34. The van der Waals surface area contributed by atoms with Gasteiger partial charge in [-0.05, 0) is 41.8 Å². The fourth-order valence-electron chi connectivity index (χ4n) is 3.47. The summed E-state index contributed by atoms with van der Waals surface area (Å²) in [4.78, 5) is 37.3. The van der Waals surface area contributed by atoms with E-state index >= 15 is 0 Å². The second-order valence-electron chi connectivity index (χ2n) is 7.60. The number of thiophene rings is 1. The number of aromatic nitrogens is 2. The van der Waals surface area contributed by atoms with E-state index in [1.54, 1.807) is 13.1 Å². The van der Waals surface area contributed by atoms with Crippen LogP contribution >= 0.6 is 11.3 Å². The van der Waals surface area contributed by atoms with E-state index in [9.17, 15) is 14.4 Å². The summed E-state index contributed by atoms with van der Waals surface area (Å²) in [6, 6.07) is 19.2. The molecule has 2 aromatic heterocycles. The number of anilines is 1. The molecule has 10 heteroatoms. The number of benzene rings is 2. The van der Waals surface area contributed by atoms with Crippen molar-refractivity contribution in [3.05, 3.63) is 88.6 Å². The second-order valence-corrected chi connectivity index (χ2v) is 8.62. The van der Waals surface area contributed by atoms with Crippen LogP contribution in [0.25, 0.3) is 11.1 Å². The predicted molar refractivity (Wildman–Crippen MR) is 134 cm³/mol. The highest BCUT2D eigenvalue weighted by Gasteiger charge is 2.27. The van der Waals surface area contributed by atoms with Gasteiger partial charge < -0.3 is 19.5 Å². The van der Waals surface area contributed by atoms with Crippen molar-refractivity contribution < 1.29 is 28.6 Å². The van der Waals surface area contributed by atoms with Gasteiger partial charge in [0.1, 0.15) is 15.6 Å². The standard InChI is InChI=1S/C26H23N3O6S/c1-16-21(25(31)33-2)24(36-22(16)26(32)34-3)27-23(30)20-13-14-29(28-20)15-35-19-11-9-18(10-12-19)17-7-5-4-6-8-17/h4-14H,15H2,1-3H3,(H,27,30). The molecule has 0 aliphatic rings. The van der Waals surface area contributed by atoms with Crippen LogP contribution in [0.15, 0.2) is 66.9 Å². The van der Waals surface area contributed by atoms with E-state index < -0.39 is 17.8 Å². The SMILES string of the molecule is COC(=O)c1sc(NC(=O)c2ccn(COc3ccc(-c4ccccc4)cc3)n2)c(C(=O)OC)c1C. The van der Waals surface area contributed by atoms with Crippen LogP contribution in [-0.2, 0) is 16.2 Å². The Hall–Kier alpha value is -4.44. The molecule has 9 nitrogen and oxygen atoms in total. The lowest BCUT2D eigenvalue weighted by molar-refractivity contribution is 0.0601. The molecule has 4 rings (SSSR count). The van der Waals surface area contributed by atoms with Gasteiger partial charge in [-0.15, -0.1) is 11.3 Å². The van der Waals surface area contributed by atoms with E-state index in [4.69, 9.17) is 14.2 Å². The van der Waals surface area contributed by atoms with Gasteiger partial charge in [0.15, 0.2) is 12.4 Å². The molecule has 0 unspecified atom stereocenters. The van der Waals surface area contributed by atoms with Crippen molar-refractivity contribution in [3.63, 3.8) is 0 Å². The number of hydrogen-bond acceptors (Lipinski definition) is 8. The Morgan fingerprint density at radius 2 is 1.58 bits per heavy atom. The number of methoxy groups -OCH3 is 2. The molecule has 36 heavy (non-hydrogen) atoms. The number of hydrogen-bond donors (Lipinski definition) is 1. The third-order valence-corrected chi connectivity index (χ3v) is 6.52. The van der Waals surface area contributed by atoms with Crippen molar-refractivity contribution in [2.75, 3.05) is 19.5 Å². The Morgan fingerprint density at radius 3 is 2.25 bits per heavy atom. The molecule has 0 fully saturated rings. The van der Waals surface area contributed by atoms with Crippen LogP contribution in [0.4, 0.5) is 5.00 Å². The van der Waals surface area contributed by atoms with E-state index in [1.807, 2.05) is 54.6 Å². The van der Waals surface area contributed by atoms with Crippen LogP contribution < -0.4 is 10.1 Å². The van der Waals surface area contributed by atoms with Crippen LogP contribution in [0.3, 0.4) is 0 Å². The Morgan fingerprint density at radius 1 is 0.917 bits per heavy atom. The summed E-state index contributed by atoms with van der Waals surface area (Å²) in [6.07, 6.45) is 1.61. The van der Waals surface area contributed by atoms with Crippen molar-refractivity contribution in [1.29, 1.82) is 0 Å². The zero-order valence-electron chi connectivity index (χ0n) is 19.8. The summed E-state index contributed by atoms with van der Waals surface area (Å²) in [5.74, 6) is -1.18. The van der Waals surface area contributed by atoms with Crippen molar-refractivity contribution in [1.82, 2.24) is 9.78 Å². The number of esters is 2. The first-order valence-electron chi connectivity index (χ1n) is 10.8. The third-order valence-electron chi connectivity index (χ3n) is 5.33. The smallest absolute Gasteiger partial charge is 0.348 e. The highest BCUT2D eigenvalue weighted by atomic mass is 32.1. The van der Waals surface area contributed by atoms with Crippen LogP contribution in [0.2, 0.25) is 0 Å². The van der Waals surface area contributed by atoms with Crippen molar-refractivity contribution in [2.45, 2.75) is 13.7 Å². The van der Waals surface area contributed by atoms with E-state index in [0.29, 0.717) is 11.3 Å². The average molecular weight is 506 g/mol. The van der Waals surface area contributed by atoms with Crippen LogP contribution in [0, 0.1) is 6.92 Å². The Balaban J connectivity index is 1.42. The molecule has 0 spiro atoms. The molecule has 184 valence electrons. The van der Waals surface area contributed by atoms with Crippen LogP contribution in [-0.4, -0.2) is 41.8 Å².